The molecule has 1 amide bonds. The van der Waals surface area contributed by atoms with Crippen LogP contribution in [0.5, 0.6) is 0 Å². The van der Waals surface area contributed by atoms with E-state index in [1.54, 1.807) is 40.6 Å². The zero-order valence-corrected chi connectivity index (χ0v) is 16.7. The third-order valence-electron chi connectivity index (χ3n) is 4.91. The average Bonchev–Trinajstić information content (AvgIpc) is 3.23. The van der Waals surface area contributed by atoms with Crippen LogP contribution in [0.15, 0.2) is 54.3 Å². The molecule has 29 heavy (non-hydrogen) atoms. The SMILES string of the molecule is Cc1scc(NC(=O)Cn2cc(C(=O)c3ccc(F)cc3)c3ccncc32)c1C. The summed E-state index contributed by atoms with van der Waals surface area (Å²) in [6.07, 6.45) is 4.89. The van der Waals surface area contributed by atoms with Gasteiger partial charge in [0.1, 0.15) is 12.4 Å². The van der Waals surface area contributed by atoms with Gasteiger partial charge >= 0.3 is 0 Å². The van der Waals surface area contributed by atoms with Gasteiger partial charge in [0.25, 0.3) is 0 Å². The van der Waals surface area contributed by atoms with Crippen LogP contribution < -0.4 is 5.32 Å². The van der Waals surface area contributed by atoms with Gasteiger partial charge in [0.05, 0.1) is 17.4 Å². The summed E-state index contributed by atoms with van der Waals surface area (Å²) < 4.78 is 14.9. The fourth-order valence-electron chi connectivity index (χ4n) is 3.19. The number of benzene rings is 1. The molecule has 1 aromatic carbocycles. The van der Waals surface area contributed by atoms with Gasteiger partial charge in [0, 0.05) is 39.2 Å². The van der Waals surface area contributed by atoms with Crippen molar-refractivity contribution in [1.82, 2.24) is 9.55 Å². The Morgan fingerprint density at radius 2 is 1.93 bits per heavy atom. The standard InChI is InChI=1S/C22H18FN3O2S/c1-13-14(2)29-12-19(13)25-21(27)11-26-10-18(17-7-8-24-9-20(17)26)22(28)15-3-5-16(23)6-4-15/h3-10,12H,11H2,1-2H3,(H,25,27). The molecule has 0 aliphatic rings. The number of thiophene rings is 1. The van der Waals surface area contributed by atoms with Crippen LogP contribution in [0.2, 0.25) is 0 Å². The Kier molecular flexibility index (Phi) is 4.98. The highest BCUT2D eigenvalue weighted by molar-refractivity contribution is 7.10. The van der Waals surface area contributed by atoms with E-state index in [0.717, 1.165) is 16.1 Å². The highest BCUT2D eigenvalue weighted by Gasteiger charge is 2.18. The van der Waals surface area contributed by atoms with E-state index in [-0.39, 0.29) is 18.2 Å². The summed E-state index contributed by atoms with van der Waals surface area (Å²) in [5.41, 5.74) is 3.37. The van der Waals surface area contributed by atoms with Crippen molar-refractivity contribution in [2.45, 2.75) is 20.4 Å². The van der Waals surface area contributed by atoms with Gasteiger partial charge in [0.15, 0.2) is 5.78 Å². The van der Waals surface area contributed by atoms with Crippen molar-refractivity contribution in [3.63, 3.8) is 0 Å². The van der Waals surface area contributed by atoms with E-state index < -0.39 is 5.82 Å². The van der Waals surface area contributed by atoms with Crippen molar-refractivity contribution in [2.24, 2.45) is 0 Å². The quantitative estimate of drug-likeness (QED) is 0.487. The molecular formula is C22H18FN3O2S. The minimum Gasteiger partial charge on any atom is -0.336 e. The van der Waals surface area contributed by atoms with Crippen LogP contribution in [-0.4, -0.2) is 21.2 Å². The number of nitrogens with zero attached hydrogens (tertiary/aromatic N) is 2. The minimum atomic E-state index is -0.399. The molecule has 0 saturated heterocycles. The van der Waals surface area contributed by atoms with Crippen LogP contribution in [0, 0.1) is 19.7 Å². The van der Waals surface area contributed by atoms with Crippen molar-refractivity contribution in [3.8, 4) is 0 Å². The molecule has 0 atom stereocenters. The number of rotatable bonds is 5. The first-order valence-electron chi connectivity index (χ1n) is 9.01. The number of carbonyl (C=O) groups excluding carboxylic acids is 2. The Morgan fingerprint density at radius 1 is 1.17 bits per heavy atom. The Bertz CT molecular complexity index is 1220. The van der Waals surface area contributed by atoms with Gasteiger partial charge in [-0.05, 0) is 49.7 Å². The van der Waals surface area contributed by atoms with E-state index >= 15 is 0 Å². The molecule has 146 valence electrons. The summed E-state index contributed by atoms with van der Waals surface area (Å²) in [6.45, 7) is 4.03. The number of amides is 1. The molecular weight excluding hydrogens is 389 g/mol. The predicted molar refractivity (Wildman–Crippen MR) is 112 cm³/mol. The van der Waals surface area contributed by atoms with E-state index in [4.69, 9.17) is 0 Å². The first-order chi connectivity index (χ1) is 13.9. The van der Waals surface area contributed by atoms with Crippen LogP contribution in [0.3, 0.4) is 0 Å². The van der Waals surface area contributed by atoms with Gasteiger partial charge in [0.2, 0.25) is 5.91 Å². The highest BCUT2D eigenvalue weighted by Crippen LogP contribution is 2.26. The second-order valence-electron chi connectivity index (χ2n) is 6.78. The Labute approximate surface area is 170 Å². The van der Waals surface area contributed by atoms with E-state index in [0.29, 0.717) is 22.0 Å². The Hall–Kier alpha value is -3.32. The van der Waals surface area contributed by atoms with Crippen LogP contribution in [-0.2, 0) is 11.3 Å². The number of hydrogen-bond acceptors (Lipinski definition) is 4. The molecule has 4 aromatic rings. The van der Waals surface area contributed by atoms with Gasteiger partial charge in [-0.15, -0.1) is 11.3 Å². The molecule has 3 aromatic heterocycles. The number of aryl methyl sites for hydroxylation is 1. The smallest absolute Gasteiger partial charge is 0.244 e. The number of nitrogens with one attached hydrogen (secondary N) is 1. The number of ketones is 1. The van der Waals surface area contributed by atoms with Crippen molar-refractivity contribution in [3.05, 3.63) is 81.7 Å². The first-order valence-corrected chi connectivity index (χ1v) is 9.89. The molecule has 0 fully saturated rings. The van der Waals surface area contributed by atoms with Crippen LogP contribution >= 0.6 is 11.3 Å². The number of anilines is 1. The monoisotopic (exact) mass is 407 g/mol. The normalized spacial score (nSPS) is 11.0. The number of pyridine rings is 1. The summed E-state index contributed by atoms with van der Waals surface area (Å²) in [5.74, 6) is -0.819. The molecule has 0 saturated carbocycles. The summed E-state index contributed by atoms with van der Waals surface area (Å²) in [4.78, 5) is 30.8. The maximum atomic E-state index is 13.2. The lowest BCUT2D eigenvalue weighted by Crippen LogP contribution is -2.18. The van der Waals surface area contributed by atoms with E-state index in [2.05, 4.69) is 10.3 Å². The second-order valence-corrected chi connectivity index (χ2v) is 7.86. The zero-order valence-electron chi connectivity index (χ0n) is 15.9. The van der Waals surface area contributed by atoms with Crippen molar-refractivity contribution in [2.75, 3.05) is 5.32 Å². The Balaban J connectivity index is 1.65. The molecule has 7 heteroatoms. The largest absolute Gasteiger partial charge is 0.336 e. The van der Waals surface area contributed by atoms with E-state index in [9.17, 15) is 14.0 Å². The fourth-order valence-corrected chi connectivity index (χ4v) is 4.00. The van der Waals surface area contributed by atoms with Gasteiger partial charge in [-0.25, -0.2) is 4.39 Å². The lowest BCUT2D eigenvalue weighted by molar-refractivity contribution is -0.116. The lowest BCUT2D eigenvalue weighted by Gasteiger charge is -2.07. The summed E-state index contributed by atoms with van der Waals surface area (Å²) in [7, 11) is 0. The number of aromatic nitrogens is 2. The number of hydrogen-bond donors (Lipinski definition) is 1. The molecule has 0 aliphatic heterocycles. The van der Waals surface area contributed by atoms with Crippen molar-refractivity contribution < 1.29 is 14.0 Å². The van der Waals surface area contributed by atoms with Gasteiger partial charge in [-0.1, -0.05) is 0 Å². The van der Waals surface area contributed by atoms with E-state index in [1.165, 1.54) is 24.3 Å². The molecule has 0 unspecified atom stereocenters. The predicted octanol–water partition coefficient (Wildman–Crippen LogP) is 4.72. The Morgan fingerprint density at radius 3 is 2.62 bits per heavy atom. The molecule has 5 nitrogen and oxygen atoms in total. The number of carbonyl (C=O) groups is 2. The van der Waals surface area contributed by atoms with Gasteiger partial charge in [-0.2, -0.15) is 0 Å². The van der Waals surface area contributed by atoms with Crippen LogP contribution in [0.4, 0.5) is 10.1 Å². The molecule has 0 radical (unpaired) electrons. The fraction of sp³-hybridized carbons (Fsp3) is 0.136. The molecule has 0 spiro atoms. The molecule has 0 bridgehead atoms. The number of halogens is 1. The van der Waals surface area contributed by atoms with Gasteiger partial charge in [-0.3, -0.25) is 14.6 Å². The topological polar surface area (TPSA) is 64.0 Å². The second kappa shape index (κ2) is 7.60. The van der Waals surface area contributed by atoms with E-state index in [1.807, 2.05) is 19.2 Å². The molecule has 3 heterocycles. The van der Waals surface area contributed by atoms with Crippen LogP contribution in [0.25, 0.3) is 10.9 Å². The van der Waals surface area contributed by atoms with Gasteiger partial charge < -0.3 is 9.88 Å². The summed E-state index contributed by atoms with van der Waals surface area (Å²) >= 11 is 1.59. The zero-order chi connectivity index (χ0) is 20.5. The molecule has 1 N–H and O–H groups in total. The van der Waals surface area contributed by atoms with Crippen molar-refractivity contribution in [1.29, 1.82) is 0 Å². The minimum absolute atomic E-state index is 0.0488. The first kappa shape index (κ1) is 19.0. The third kappa shape index (κ3) is 3.69. The highest BCUT2D eigenvalue weighted by atomic mass is 32.1. The lowest BCUT2D eigenvalue weighted by atomic mass is 10.0. The maximum Gasteiger partial charge on any atom is 0.244 e. The van der Waals surface area contributed by atoms with Crippen LogP contribution in [0.1, 0.15) is 26.4 Å². The summed E-state index contributed by atoms with van der Waals surface area (Å²) in [5, 5.41) is 5.54. The summed E-state index contributed by atoms with van der Waals surface area (Å²) in [6, 6.07) is 7.17. The molecule has 0 aliphatic carbocycles. The maximum absolute atomic E-state index is 13.2. The number of fused-ring (bicyclic) bond motifs is 1. The molecule has 4 rings (SSSR count). The third-order valence-corrected chi connectivity index (χ3v) is 5.92. The average molecular weight is 407 g/mol. The van der Waals surface area contributed by atoms with Crippen molar-refractivity contribution >= 4 is 39.6 Å².